The Kier molecular flexibility index (Phi) is 4.14. The number of hydrogen-bond acceptors (Lipinski definition) is 3. The van der Waals surface area contributed by atoms with Crippen LogP contribution in [0.4, 0.5) is 10.1 Å². The molecule has 0 saturated carbocycles. The molecule has 2 aromatic heterocycles. The lowest BCUT2D eigenvalue weighted by atomic mass is 10.2. The van der Waals surface area contributed by atoms with Crippen molar-refractivity contribution >= 4 is 23.2 Å². The van der Waals surface area contributed by atoms with Crippen LogP contribution < -0.4 is 10.9 Å². The minimum Gasteiger partial charge on any atom is -0.321 e. The van der Waals surface area contributed by atoms with Gasteiger partial charge in [0.15, 0.2) is 0 Å². The van der Waals surface area contributed by atoms with E-state index in [0.29, 0.717) is 12.2 Å². The lowest BCUT2D eigenvalue weighted by Gasteiger charge is -2.08. The highest BCUT2D eigenvalue weighted by Crippen LogP contribution is 2.15. The van der Waals surface area contributed by atoms with E-state index in [1.807, 2.05) is 0 Å². The predicted molar refractivity (Wildman–Crippen MR) is 73.5 cm³/mol. The van der Waals surface area contributed by atoms with Gasteiger partial charge in [-0.3, -0.25) is 9.59 Å². The molecule has 1 amide bonds. The highest BCUT2D eigenvalue weighted by Gasteiger charge is 2.13. The van der Waals surface area contributed by atoms with Crippen LogP contribution in [0.2, 0.25) is 5.15 Å². The van der Waals surface area contributed by atoms with Crippen molar-refractivity contribution in [1.29, 1.82) is 0 Å². The van der Waals surface area contributed by atoms with Crippen LogP contribution in [-0.4, -0.2) is 15.5 Å². The predicted octanol–water partition coefficient (Wildman–Crippen LogP) is 2.31. The van der Waals surface area contributed by atoms with Gasteiger partial charge in [-0.25, -0.2) is 9.37 Å². The Morgan fingerprint density at radius 2 is 2.25 bits per heavy atom. The first-order valence-electron chi connectivity index (χ1n) is 5.84. The second kappa shape index (κ2) is 5.83. The third-order valence-corrected chi connectivity index (χ3v) is 2.93. The van der Waals surface area contributed by atoms with Gasteiger partial charge in [0.25, 0.3) is 11.5 Å². The Bertz CT molecular complexity index is 715. The molecule has 0 fully saturated rings. The zero-order valence-corrected chi connectivity index (χ0v) is 11.3. The maximum Gasteiger partial charge on any atom is 0.258 e. The van der Waals surface area contributed by atoms with Crippen molar-refractivity contribution in [3.05, 3.63) is 57.5 Å². The Morgan fingerprint density at radius 3 is 2.95 bits per heavy atom. The van der Waals surface area contributed by atoms with Crippen molar-refractivity contribution < 1.29 is 9.18 Å². The maximum absolute atomic E-state index is 13.1. The van der Waals surface area contributed by atoms with Crippen LogP contribution in [0.15, 0.2) is 35.4 Å². The van der Waals surface area contributed by atoms with Crippen molar-refractivity contribution in [2.24, 2.45) is 0 Å². The molecule has 0 atom stereocenters. The standard InChI is InChI=1S/C13H11ClFN3O2/c1-2-18-7-9(3-4-11(18)19)17-13(20)10-5-8(15)6-16-12(10)14/h3-7H,2H2,1H3,(H,17,20). The number of carbonyl (C=O) groups excluding carboxylic acids is 1. The molecule has 2 aromatic rings. The van der Waals surface area contributed by atoms with Gasteiger partial charge in [0.1, 0.15) is 11.0 Å². The van der Waals surface area contributed by atoms with E-state index in [-0.39, 0.29) is 16.3 Å². The van der Waals surface area contributed by atoms with Gasteiger partial charge in [0, 0.05) is 18.8 Å². The second-order valence-corrected chi connectivity index (χ2v) is 4.35. The molecule has 20 heavy (non-hydrogen) atoms. The van der Waals surface area contributed by atoms with Gasteiger partial charge in [-0.05, 0) is 19.1 Å². The number of anilines is 1. The SMILES string of the molecule is CCn1cc(NC(=O)c2cc(F)cnc2Cl)ccc1=O. The van der Waals surface area contributed by atoms with Crippen molar-refractivity contribution in [2.75, 3.05) is 5.32 Å². The number of carbonyl (C=O) groups is 1. The number of aryl methyl sites for hydroxylation is 1. The molecule has 5 nitrogen and oxygen atoms in total. The number of hydrogen-bond donors (Lipinski definition) is 1. The zero-order valence-electron chi connectivity index (χ0n) is 10.6. The van der Waals surface area contributed by atoms with Gasteiger partial charge in [-0.1, -0.05) is 11.6 Å². The molecule has 1 N–H and O–H groups in total. The lowest BCUT2D eigenvalue weighted by molar-refractivity contribution is 0.102. The first-order valence-corrected chi connectivity index (χ1v) is 6.22. The minimum atomic E-state index is -0.655. The summed E-state index contributed by atoms with van der Waals surface area (Å²) in [6.45, 7) is 2.28. The van der Waals surface area contributed by atoms with Crippen LogP contribution >= 0.6 is 11.6 Å². The molecular weight excluding hydrogens is 285 g/mol. The number of aromatic nitrogens is 2. The molecule has 0 aliphatic carbocycles. The Hall–Kier alpha value is -2.21. The highest BCUT2D eigenvalue weighted by molar-refractivity contribution is 6.33. The normalized spacial score (nSPS) is 10.3. The Morgan fingerprint density at radius 1 is 1.50 bits per heavy atom. The monoisotopic (exact) mass is 295 g/mol. The lowest BCUT2D eigenvalue weighted by Crippen LogP contribution is -2.20. The average molecular weight is 296 g/mol. The molecule has 0 bridgehead atoms. The highest BCUT2D eigenvalue weighted by atomic mass is 35.5. The topological polar surface area (TPSA) is 64.0 Å². The number of amides is 1. The van der Waals surface area contributed by atoms with Crippen molar-refractivity contribution in [3.63, 3.8) is 0 Å². The first-order chi connectivity index (χ1) is 9.51. The molecule has 0 radical (unpaired) electrons. The molecule has 0 spiro atoms. The van der Waals surface area contributed by atoms with Gasteiger partial charge >= 0.3 is 0 Å². The summed E-state index contributed by atoms with van der Waals surface area (Å²) < 4.78 is 14.5. The number of pyridine rings is 2. The fraction of sp³-hybridized carbons (Fsp3) is 0.154. The molecule has 2 heterocycles. The summed E-state index contributed by atoms with van der Waals surface area (Å²) in [4.78, 5) is 27.0. The van der Waals surface area contributed by atoms with Crippen LogP contribution in [0.25, 0.3) is 0 Å². The molecule has 2 rings (SSSR count). The molecule has 0 saturated heterocycles. The Balaban J connectivity index is 2.28. The molecule has 0 aliphatic rings. The van der Waals surface area contributed by atoms with E-state index in [9.17, 15) is 14.0 Å². The Labute approximate surface area is 119 Å². The van der Waals surface area contributed by atoms with Gasteiger partial charge < -0.3 is 9.88 Å². The summed E-state index contributed by atoms with van der Waals surface area (Å²) in [5.74, 6) is -1.25. The van der Waals surface area contributed by atoms with Crippen molar-refractivity contribution in [2.45, 2.75) is 13.5 Å². The number of halogens is 2. The third-order valence-electron chi connectivity index (χ3n) is 2.63. The van der Waals surface area contributed by atoms with E-state index in [1.165, 1.54) is 22.9 Å². The molecule has 104 valence electrons. The fourth-order valence-electron chi connectivity index (χ4n) is 1.63. The van der Waals surface area contributed by atoms with E-state index in [1.54, 1.807) is 6.92 Å². The summed E-state index contributed by atoms with van der Waals surface area (Å²) in [6, 6.07) is 3.80. The van der Waals surface area contributed by atoms with E-state index < -0.39 is 11.7 Å². The van der Waals surface area contributed by atoms with Crippen LogP contribution in [-0.2, 0) is 6.54 Å². The molecule has 0 unspecified atom stereocenters. The summed E-state index contributed by atoms with van der Waals surface area (Å²) in [5.41, 5.74) is 0.175. The van der Waals surface area contributed by atoms with Crippen LogP contribution in [0, 0.1) is 5.82 Å². The molecular formula is C13H11ClFN3O2. The van der Waals surface area contributed by atoms with E-state index in [0.717, 1.165) is 12.3 Å². The van der Waals surface area contributed by atoms with Crippen molar-refractivity contribution in [3.8, 4) is 0 Å². The molecule has 0 aliphatic heterocycles. The van der Waals surface area contributed by atoms with Gasteiger partial charge in [0.2, 0.25) is 0 Å². The third kappa shape index (κ3) is 3.03. The zero-order chi connectivity index (χ0) is 14.7. The summed E-state index contributed by atoms with van der Waals surface area (Å²) in [5, 5.41) is 2.45. The summed E-state index contributed by atoms with van der Waals surface area (Å²) >= 11 is 5.75. The quantitative estimate of drug-likeness (QED) is 0.884. The minimum absolute atomic E-state index is 0.0686. The van der Waals surface area contributed by atoms with Gasteiger partial charge in [-0.2, -0.15) is 0 Å². The fourth-order valence-corrected chi connectivity index (χ4v) is 1.82. The van der Waals surface area contributed by atoms with E-state index >= 15 is 0 Å². The van der Waals surface area contributed by atoms with E-state index in [2.05, 4.69) is 10.3 Å². The van der Waals surface area contributed by atoms with Gasteiger partial charge in [0.05, 0.1) is 17.4 Å². The van der Waals surface area contributed by atoms with Crippen LogP contribution in [0.3, 0.4) is 0 Å². The molecule has 0 aromatic carbocycles. The van der Waals surface area contributed by atoms with Crippen LogP contribution in [0.5, 0.6) is 0 Å². The van der Waals surface area contributed by atoms with E-state index in [4.69, 9.17) is 11.6 Å². The number of nitrogens with zero attached hydrogens (tertiary/aromatic N) is 2. The number of nitrogens with one attached hydrogen (secondary N) is 1. The average Bonchev–Trinajstić information content (AvgIpc) is 2.43. The number of rotatable bonds is 3. The summed E-state index contributed by atoms with van der Waals surface area (Å²) in [6.07, 6.45) is 2.43. The first kappa shape index (κ1) is 14.2. The smallest absolute Gasteiger partial charge is 0.258 e. The van der Waals surface area contributed by atoms with Gasteiger partial charge in [-0.15, -0.1) is 0 Å². The molecule has 7 heteroatoms. The summed E-state index contributed by atoms with van der Waals surface area (Å²) in [7, 11) is 0. The largest absolute Gasteiger partial charge is 0.321 e. The maximum atomic E-state index is 13.1. The second-order valence-electron chi connectivity index (χ2n) is 3.99. The van der Waals surface area contributed by atoms with Crippen molar-refractivity contribution in [1.82, 2.24) is 9.55 Å². The van der Waals surface area contributed by atoms with Crippen LogP contribution in [0.1, 0.15) is 17.3 Å².